The molecule has 0 bridgehead atoms. The zero-order valence-electron chi connectivity index (χ0n) is 10.7. The van der Waals surface area contributed by atoms with Crippen LogP contribution in [0.25, 0.3) is 4.96 Å². The summed E-state index contributed by atoms with van der Waals surface area (Å²) in [7, 11) is 0. The molecule has 1 amide bonds. The molecule has 0 aromatic carbocycles. The van der Waals surface area contributed by atoms with Crippen LogP contribution >= 0.6 is 11.3 Å². The van der Waals surface area contributed by atoms with E-state index in [-0.39, 0.29) is 11.9 Å². The van der Waals surface area contributed by atoms with Gasteiger partial charge in [0.15, 0.2) is 4.96 Å². The Labute approximate surface area is 118 Å². The van der Waals surface area contributed by atoms with Crippen LogP contribution in [0.3, 0.4) is 0 Å². The normalized spacial score (nSPS) is 18.1. The van der Waals surface area contributed by atoms with Gasteiger partial charge in [0.25, 0.3) is 5.91 Å². The van der Waals surface area contributed by atoms with Crippen LogP contribution < -0.4 is 5.32 Å². The van der Waals surface area contributed by atoms with Crippen molar-refractivity contribution >= 4 is 22.2 Å². The summed E-state index contributed by atoms with van der Waals surface area (Å²) in [4.78, 5) is 17.4. The maximum atomic E-state index is 12.2. The Morgan fingerprint density at radius 2 is 2.50 bits per heavy atom. The molecule has 1 unspecified atom stereocenters. The molecule has 0 spiro atoms. The fourth-order valence-corrected chi connectivity index (χ4v) is 3.34. The maximum absolute atomic E-state index is 12.2. The van der Waals surface area contributed by atoms with Gasteiger partial charge in [0, 0.05) is 29.5 Å². The van der Waals surface area contributed by atoms with E-state index in [4.69, 9.17) is 0 Å². The van der Waals surface area contributed by atoms with Crippen molar-refractivity contribution in [2.75, 3.05) is 0 Å². The van der Waals surface area contributed by atoms with Crippen LogP contribution in [0, 0.1) is 0 Å². The number of rotatable bonds is 2. The quantitative estimate of drug-likeness (QED) is 0.748. The third kappa shape index (κ3) is 1.90. The molecular formula is C13H13N5OS. The molecule has 0 saturated carbocycles. The number of fused-ring (bicyclic) bond motifs is 2. The number of nitrogens with one attached hydrogen (secondary N) is 2. The molecule has 6 nitrogen and oxygen atoms in total. The van der Waals surface area contributed by atoms with Gasteiger partial charge in [0.05, 0.1) is 6.20 Å². The SMILES string of the molecule is O=C(NC1CCc2[nH]ncc2C1)c1cn2ccsc2n1. The summed E-state index contributed by atoms with van der Waals surface area (Å²) in [5.41, 5.74) is 2.88. The van der Waals surface area contributed by atoms with Crippen LogP contribution in [-0.4, -0.2) is 31.5 Å². The van der Waals surface area contributed by atoms with Gasteiger partial charge in [-0.15, -0.1) is 11.3 Å². The zero-order chi connectivity index (χ0) is 13.5. The number of aromatic amines is 1. The molecule has 1 aliphatic rings. The smallest absolute Gasteiger partial charge is 0.271 e. The minimum absolute atomic E-state index is 0.0992. The molecule has 4 rings (SSSR count). The number of thiazole rings is 1. The Bertz CT molecular complexity index is 742. The lowest BCUT2D eigenvalue weighted by atomic mass is 9.93. The summed E-state index contributed by atoms with van der Waals surface area (Å²) in [5.74, 6) is -0.0992. The van der Waals surface area contributed by atoms with Crippen molar-refractivity contribution in [3.05, 3.63) is 40.9 Å². The first-order valence-corrected chi connectivity index (χ1v) is 7.42. The second-order valence-corrected chi connectivity index (χ2v) is 5.88. The van der Waals surface area contributed by atoms with Crippen molar-refractivity contribution in [3.8, 4) is 0 Å². The molecule has 3 aromatic rings. The Balaban J connectivity index is 1.49. The Morgan fingerprint density at radius 1 is 1.55 bits per heavy atom. The second-order valence-electron chi connectivity index (χ2n) is 5.01. The first-order valence-electron chi connectivity index (χ1n) is 6.54. The minimum atomic E-state index is -0.0992. The molecule has 102 valence electrons. The molecule has 0 radical (unpaired) electrons. The van der Waals surface area contributed by atoms with Gasteiger partial charge in [-0.2, -0.15) is 5.10 Å². The van der Waals surface area contributed by atoms with Crippen LogP contribution in [0.2, 0.25) is 0 Å². The molecule has 1 atom stereocenters. The van der Waals surface area contributed by atoms with Crippen molar-refractivity contribution in [2.45, 2.75) is 25.3 Å². The minimum Gasteiger partial charge on any atom is -0.348 e. The van der Waals surface area contributed by atoms with E-state index < -0.39 is 0 Å². The van der Waals surface area contributed by atoms with E-state index in [0.29, 0.717) is 5.69 Å². The lowest BCUT2D eigenvalue weighted by Gasteiger charge is -2.22. The maximum Gasteiger partial charge on any atom is 0.271 e. The van der Waals surface area contributed by atoms with Gasteiger partial charge in [-0.3, -0.25) is 14.3 Å². The molecule has 1 aliphatic carbocycles. The first kappa shape index (κ1) is 11.7. The molecular weight excluding hydrogens is 274 g/mol. The van der Waals surface area contributed by atoms with Crippen molar-refractivity contribution < 1.29 is 4.79 Å². The average molecular weight is 287 g/mol. The van der Waals surface area contributed by atoms with E-state index in [2.05, 4.69) is 20.5 Å². The lowest BCUT2D eigenvalue weighted by Crippen LogP contribution is -2.38. The monoisotopic (exact) mass is 287 g/mol. The van der Waals surface area contributed by atoms with Crippen LogP contribution in [0.4, 0.5) is 0 Å². The highest BCUT2D eigenvalue weighted by molar-refractivity contribution is 7.15. The fourth-order valence-electron chi connectivity index (χ4n) is 2.64. The average Bonchev–Trinajstić information content (AvgIpc) is 3.12. The van der Waals surface area contributed by atoms with Gasteiger partial charge in [-0.25, -0.2) is 4.98 Å². The molecule has 20 heavy (non-hydrogen) atoms. The number of imidazole rings is 1. The number of nitrogens with zero attached hydrogens (tertiary/aromatic N) is 3. The molecule has 2 N–H and O–H groups in total. The Kier molecular flexibility index (Phi) is 2.59. The highest BCUT2D eigenvalue weighted by Crippen LogP contribution is 2.19. The standard InChI is InChI=1S/C13H13N5OS/c19-12(11-7-18-3-4-20-13(18)16-11)15-9-1-2-10-8(5-9)6-14-17-10/h3-4,6-7,9H,1-2,5H2,(H,14,17)(H,15,19). The van der Waals surface area contributed by atoms with Crippen LogP contribution in [0.1, 0.15) is 28.2 Å². The van der Waals surface area contributed by atoms with Crippen molar-refractivity contribution in [1.82, 2.24) is 24.9 Å². The summed E-state index contributed by atoms with van der Waals surface area (Å²) < 4.78 is 1.87. The number of carbonyl (C=O) groups is 1. The van der Waals surface area contributed by atoms with Gasteiger partial charge >= 0.3 is 0 Å². The summed E-state index contributed by atoms with van der Waals surface area (Å²) in [5, 5.41) is 12.1. The summed E-state index contributed by atoms with van der Waals surface area (Å²) in [6.07, 6.45) is 8.22. The van der Waals surface area contributed by atoms with E-state index in [1.807, 2.05) is 22.2 Å². The predicted octanol–water partition coefficient (Wildman–Crippen LogP) is 1.41. The fraction of sp³-hybridized carbons (Fsp3) is 0.308. The molecule has 0 fully saturated rings. The zero-order valence-corrected chi connectivity index (χ0v) is 11.5. The van der Waals surface area contributed by atoms with Crippen LogP contribution in [-0.2, 0) is 12.8 Å². The lowest BCUT2D eigenvalue weighted by molar-refractivity contribution is 0.0929. The topological polar surface area (TPSA) is 75.1 Å². The van der Waals surface area contributed by atoms with Crippen LogP contribution in [0.5, 0.6) is 0 Å². The Hall–Kier alpha value is -2.15. The van der Waals surface area contributed by atoms with E-state index >= 15 is 0 Å². The third-order valence-corrected chi connectivity index (χ3v) is 4.45. The molecule has 3 aromatic heterocycles. The van der Waals surface area contributed by atoms with E-state index in [0.717, 1.165) is 24.2 Å². The molecule has 0 aliphatic heterocycles. The number of aromatic nitrogens is 4. The number of H-pyrrole nitrogens is 1. The van der Waals surface area contributed by atoms with Gasteiger partial charge in [-0.05, 0) is 24.8 Å². The van der Waals surface area contributed by atoms with Crippen molar-refractivity contribution in [1.29, 1.82) is 0 Å². The van der Waals surface area contributed by atoms with Gasteiger partial charge in [-0.1, -0.05) is 0 Å². The van der Waals surface area contributed by atoms with Crippen molar-refractivity contribution in [3.63, 3.8) is 0 Å². The number of hydrogen-bond donors (Lipinski definition) is 2. The van der Waals surface area contributed by atoms with E-state index in [9.17, 15) is 4.79 Å². The first-order chi connectivity index (χ1) is 9.79. The van der Waals surface area contributed by atoms with Gasteiger partial charge < -0.3 is 5.32 Å². The van der Waals surface area contributed by atoms with Crippen LogP contribution in [0.15, 0.2) is 24.0 Å². The van der Waals surface area contributed by atoms with E-state index in [1.165, 1.54) is 22.6 Å². The van der Waals surface area contributed by atoms with Gasteiger partial charge in [0.1, 0.15) is 5.69 Å². The van der Waals surface area contributed by atoms with Crippen molar-refractivity contribution in [2.24, 2.45) is 0 Å². The Morgan fingerprint density at radius 3 is 3.40 bits per heavy atom. The summed E-state index contributed by atoms with van der Waals surface area (Å²) in [6.45, 7) is 0. The highest BCUT2D eigenvalue weighted by Gasteiger charge is 2.22. The molecule has 0 saturated heterocycles. The number of hydrogen-bond acceptors (Lipinski definition) is 4. The second kappa shape index (κ2) is 4.45. The largest absolute Gasteiger partial charge is 0.348 e. The molecule has 3 heterocycles. The number of amides is 1. The molecule has 7 heteroatoms. The predicted molar refractivity (Wildman–Crippen MR) is 74.9 cm³/mol. The number of aryl methyl sites for hydroxylation is 1. The third-order valence-electron chi connectivity index (χ3n) is 3.68. The summed E-state index contributed by atoms with van der Waals surface area (Å²) >= 11 is 1.52. The number of carbonyl (C=O) groups excluding carboxylic acids is 1. The van der Waals surface area contributed by atoms with Gasteiger partial charge in [0.2, 0.25) is 0 Å². The summed E-state index contributed by atoms with van der Waals surface area (Å²) in [6, 6.07) is 0.160. The highest BCUT2D eigenvalue weighted by atomic mass is 32.1. The van der Waals surface area contributed by atoms with E-state index in [1.54, 1.807) is 6.20 Å².